The zero-order valence-corrected chi connectivity index (χ0v) is 16.8. The normalized spacial score (nSPS) is 10.9. The van der Waals surface area contributed by atoms with Crippen molar-refractivity contribution in [3.05, 3.63) is 59.7 Å². The van der Waals surface area contributed by atoms with Gasteiger partial charge in [-0.3, -0.25) is 4.79 Å². The third-order valence-electron chi connectivity index (χ3n) is 4.16. The zero-order valence-electron chi connectivity index (χ0n) is 16.8. The van der Waals surface area contributed by atoms with Crippen molar-refractivity contribution < 1.29 is 14.3 Å². The quantitative estimate of drug-likeness (QED) is 0.616. The SMILES string of the molecule is CC(C)Oc1ccc(CCCNC(=O)COc2ccccc2C(C)C)cc1. The van der Waals surface area contributed by atoms with Crippen LogP contribution >= 0.6 is 0 Å². The molecule has 1 amide bonds. The van der Waals surface area contributed by atoms with E-state index in [0.29, 0.717) is 12.5 Å². The summed E-state index contributed by atoms with van der Waals surface area (Å²) in [7, 11) is 0. The molecule has 0 saturated heterocycles. The molecule has 0 aromatic heterocycles. The first-order chi connectivity index (χ1) is 13.0. The van der Waals surface area contributed by atoms with Gasteiger partial charge in [0.15, 0.2) is 6.61 Å². The lowest BCUT2D eigenvalue weighted by Crippen LogP contribution is -2.30. The lowest BCUT2D eigenvalue weighted by Gasteiger charge is -2.13. The van der Waals surface area contributed by atoms with E-state index in [1.54, 1.807) is 0 Å². The Hall–Kier alpha value is -2.49. The van der Waals surface area contributed by atoms with Crippen LogP contribution in [0.25, 0.3) is 0 Å². The number of carbonyl (C=O) groups is 1. The number of amides is 1. The maximum atomic E-state index is 12.0. The van der Waals surface area contributed by atoms with Crippen molar-refractivity contribution in [2.45, 2.75) is 52.6 Å². The molecule has 0 spiro atoms. The van der Waals surface area contributed by atoms with Gasteiger partial charge in [0.05, 0.1) is 6.10 Å². The predicted octanol–water partition coefficient (Wildman–Crippen LogP) is 4.73. The molecule has 2 rings (SSSR count). The Kier molecular flexibility index (Phi) is 8.18. The largest absolute Gasteiger partial charge is 0.491 e. The van der Waals surface area contributed by atoms with Crippen molar-refractivity contribution in [1.82, 2.24) is 5.32 Å². The van der Waals surface area contributed by atoms with Gasteiger partial charge in [-0.2, -0.15) is 0 Å². The summed E-state index contributed by atoms with van der Waals surface area (Å²) in [4.78, 5) is 12.0. The maximum Gasteiger partial charge on any atom is 0.257 e. The number of ether oxygens (including phenoxy) is 2. The molecular formula is C23H31NO3. The van der Waals surface area contributed by atoms with Crippen molar-refractivity contribution in [3.63, 3.8) is 0 Å². The van der Waals surface area contributed by atoms with E-state index >= 15 is 0 Å². The Balaban J connectivity index is 1.68. The van der Waals surface area contributed by atoms with Crippen molar-refractivity contribution in [2.75, 3.05) is 13.2 Å². The van der Waals surface area contributed by atoms with Crippen LogP contribution in [0.3, 0.4) is 0 Å². The van der Waals surface area contributed by atoms with Crippen molar-refractivity contribution in [3.8, 4) is 11.5 Å². The monoisotopic (exact) mass is 369 g/mol. The molecule has 0 atom stereocenters. The molecular weight excluding hydrogens is 338 g/mol. The number of benzene rings is 2. The summed E-state index contributed by atoms with van der Waals surface area (Å²) in [6.07, 6.45) is 1.98. The lowest BCUT2D eigenvalue weighted by molar-refractivity contribution is -0.123. The van der Waals surface area contributed by atoms with E-state index in [1.807, 2.05) is 50.2 Å². The number of nitrogens with one attached hydrogen (secondary N) is 1. The smallest absolute Gasteiger partial charge is 0.257 e. The van der Waals surface area contributed by atoms with E-state index in [1.165, 1.54) is 5.56 Å². The van der Waals surface area contributed by atoms with E-state index in [4.69, 9.17) is 9.47 Å². The van der Waals surface area contributed by atoms with Gasteiger partial charge in [-0.05, 0) is 61.9 Å². The molecule has 0 aliphatic carbocycles. The third kappa shape index (κ3) is 7.33. The Morgan fingerprint density at radius 3 is 2.37 bits per heavy atom. The minimum atomic E-state index is -0.0887. The second-order valence-corrected chi connectivity index (χ2v) is 7.25. The van der Waals surface area contributed by atoms with Gasteiger partial charge in [0, 0.05) is 6.54 Å². The molecule has 146 valence electrons. The third-order valence-corrected chi connectivity index (χ3v) is 4.16. The van der Waals surface area contributed by atoms with Crippen molar-refractivity contribution in [2.24, 2.45) is 0 Å². The molecule has 4 nitrogen and oxygen atoms in total. The molecule has 0 aliphatic rings. The summed E-state index contributed by atoms with van der Waals surface area (Å²) in [6, 6.07) is 16.0. The standard InChI is InChI=1S/C23H31NO3/c1-17(2)21-9-5-6-10-22(21)26-16-23(25)24-15-7-8-19-11-13-20(14-12-19)27-18(3)4/h5-6,9-14,17-18H,7-8,15-16H2,1-4H3,(H,24,25). The van der Waals surface area contributed by atoms with E-state index < -0.39 is 0 Å². The minimum Gasteiger partial charge on any atom is -0.491 e. The first-order valence-corrected chi connectivity index (χ1v) is 9.69. The fourth-order valence-electron chi connectivity index (χ4n) is 2.81. The maximum absolute atomic E-state index is 12.0. The van der Waals surface area contributed by atoms with Crippen LogP contribution in [-0.2, 0) is 11.2 Å². The summed E-state index contributed by atoms with van der Waals surface area (Å²) >= 11 is 0. The molecule has 4 heteroatoms. The molecule has 2 aromatic rings. The van der Waals surface area contributed by atoms with Crippen molar-refractivity contribution in [1.29, 1.82) is 0 Å². The highest BCUT2D eigenvalue weighted by Crippen LogP contribution is 2.25. The number of carbonyl (C=O) groups excluding carboxylic acids is 1. The Labute approximate surface area is 162 Å². The minimum absolute atomic E-state index is 0.0466. The van der Waals surface area contributed by atoms with Gasteiger partial charge < -0.3 is 14.8 Å². The van der Waals surface area contributed by atoms with Gasteiger partial charge in [0.25, 0.3) is 5.91 Å². The van der Waals surface area contributed by atoms with Gasteiger partial charge >= 0.3 is 0 Å². The summed E-state index contributed by atoms with van der Waals surface area (Å²) < 4.78 is 11.3. The van der Waals surface area contributed by atoms with Crippen LogP contribution in [0.15, 0.2) is 48.5 Å². The van der Waals surface area contributed by atoms with Crippen LogP contribution in [0.4, 0.5) is 0 Å². The fraction of sp³-hybridized carbons (Fsp3) is 0.435. The Morgan fingerprint density at radius 1 is 1.00 bits per heavy atom. The summed E-state index contributed by atoms with van der Waals surface area (Å²) in [5.41, 5.74) is 2.36. The van der Waals surface area contributed by atoms with Crippen LogP contribution in [0.2, 0.25) is 0 Å². The predicted molar refractivity (Wildman–Crippen MR) is 110 cm³/mol. The lowest BCUT2D eigenvalue weighted by atomic mass is 10.0. The van der Waals surface area contributed by atoms with E-state index in [2.05, 4.69) is 31.3 Å². The molecule has 0 radical (unpaired) electrons. The second kappa shape index (κ2) is 10.6. The van der Waals surface area contributed by atoms with Crippen LogP contribution in [0.5, 0.6) is 11.5 Å². The number of rotatable bonds is 10. The molecule has 0 heterocycles. The number of hydrogen-bond donors (Lipinski definition) is 1. The van der Waals surface area contributed by atoms with E-state index in [0.717, 1.165) is 29.9 Å². The van der Waals surface area contributed by atoms with E-state index in [-0.39, 0.29) is 18.6 Å². The van der Waals surface area contributed by atoms with Gasteiger partial charge in [-0.1, -0.05) is 44.2 Å². The number of para-hydroxylation sites is 1. The van der Waals surface area contributed by atoms with Crippen LogP contribution in [0, 0.1) is 0 Å². The molecule has 27 heavy (non-hydrogen) atoms. The molecule has 2 aromatic carbocycles. The van der Waals surface area contributed by atoms with Crippen LogP contribution in [0.1, 0.15) is 51.2 Å². The summed E-state index contributed by atoms with van der Waals surface area (Å²) in [5.74, 6) is 1.95. The highest BCUT2D eigenvalue weighted by Gasteiger charge is 2.09. The first kappa shape index (κ1) is 20.8. The second-order valence-electron chi connectivity index (χ2n) is 7.25. The highest BCUT2D eigenvalue weighted by molar-refractivity contribution is 5.77. The summed E-state index contributed by atoms with van der Waals surface area (Å²) in [6.45, 7) is 8.94. The van der Waals surface area contributed by atoms with Gasteiger partial charge in [0.1, 0.15) is 11.5 Å². The number of aryl methyl sites for hydroxylation is 1. The Morgan fingerprint density at radius 2 is 1.70 bits per heavy atom. The van der Waals surface area contributed by atoms with Gasteiger partial charge in [-0.25, -0.2) is 0 Å². The van der Waals surface area contributed by atoms with Crippen molar-refractivity contribution >= 4 is 5.91 Å². The average Bonchev–Trinajstić information content (AvgIpc) is 2.64. The molecule has 0 unspecified atom stereocenters. The zero-order chi connectivity index (χ0) is 19.6. The highest BCUT2D eigenvalue weighted by atomic mass is 16.5. The molecule has 1 N–H and O–H groups in total. The van der Waals surface area contributed by atoms with Crippen LogP contribution in [-0.4, -0.2) is 25.2 Å². The van der Waals surface area contributed by atoms with Gasteiger partial charge in [0.2, 0.25) is 0 Å². The molecule has 0 bridgehead atoms. The van der Waals surface area contributed by atoms with E-state index in [9.17, 15) is 4.79 Å². The molecule has 0 fully saturated rings. The van der Waals surface area contributed by atoms with Crippen LogP contribution < -0.4 is 14.8 Å². The average molecular weight is 370 g/mol. The Bertz CT molecular complexity index is 708. The molecule has 0 aliphatic heterocycles. The molecule has 0 saturated carbocycles. The number of hydrogen-bond acceptors (Lipinski definition) is 3. The van der Waals surface area contributed by atoms with Gasteiger partial charge in [-0.15, -0.1) is 0 Å². The first-order valence-electron chi connectivity index (χ1n) is 9.69. The topological polar surface area (TPSA) is 47.6 Å². The summed E-state index contributed by atoms with van der Waals surface area (Å²) in [5, 5.41) is 2.92. The fourth-order valence-corrected chi connectivity index (χ4v) is 2.81.